The lowest BCUT2D eigenvalue weighted by atomic mass is 9.99. The molecule has 4 atom stereocenters. The predicted molar refractivity (Wildman–Crippen MR) is 154 cm³/mol. The molecular weight excluding hydrogens is 520 g/mol. The summed E-state index contributed by atoms with van der Waals surface area (Å²) in [5.74, 6) is -0.336. The predicted octanol–water partition coefficient (Wildman–Crippen LogP) is 4.38. The number of anilines is 1. The molecule has 212 valence electrons. The van der Waals surface area contributed by atoms with Crippen molar-refractivity contribution in [2.24, 2.45) is 0 Å². The Morgan fingerprint density at radius 2 is 1.71 bits per heavy atom. The van der Waals surface area contributed by atoms with Crippen molar-refractivity contribution < 1.29 is 24.5 Å². The zero-order valence-electron chi connectivity index (χ0n) is 22.7. The van der Waals surface area contributed by atoms with E-state index in [-0.39, 0.29) is 43.1 Å². The first-order chi connectivity index (χ1) is 20.1. The second-order valence-electron chi connectivity index (χ2n) is 10.6. The highest BCUT2D eigenvalue weighted by Gasteiger charge is 2.35. The number of carbonyl (C=O) groups is 1. The maximum atomic E-state index is 12.8. The van der Waals surface area contributed by atoms with Crippen LogP contribution in [0.2, 0.25) is 0 Å². The van der Waals surface area contributed by atoms with E-state index in [1.54, 1.807) is 0 Å². The molecule has 2 aliphatic heterocycles. The van der Waals surface area contributed by atoms with Crippen LogP contribution in [0.5, 0.6) is 0 Å². The fourth-order valence-corrected chi connectivity index (χ4v) is 5.62. The number of carbonyl (C=O) groups excluding carboxylic acids is 1. The van der Waals surface area contributed by atoms with Gasteiger partial charge in [0.25, 0.3) is 5.91 Å². The highest BCUT2D eigenvalue weighted by Crippen LogP contribution is 2.39. The summed E-state index contributed by atoms with van der Waals surface area (Å²) >= 11 is 0. The molecule has 2 fully saturated rings. The fourth-order valence-electron chi connectivity index (χ4n) is 5.62. The molecule has 9 heteroatoms. The Morgan fingerprint density at radius 3 is 2.46 bits per heavy atom. The van der Waals surface area contributed by atoms with Crippen LogP contribution >= 0.6 is 0 Å². The van der Waals surface area contributed by atoms with Gasteiger partial charge in [-0.25, -0.2) is 4.98 Å². The molecule has 0 spiro atoms. The maximum absolute atomic E-state index is 12.8. The van der Waals surface area contributed by atoms with Crippen molar-refractivity contribution in [2.75, 3.05) is 25.0 Å². The molecule has 0 radical (unpaired) electrons. The lowest BCUT2D eigenvalue weighted by molar-refractivity contribution is -0.253. The van der Waals surface area contributed by atoms with Crippen LogP contribution < -0.4 is 5.32 Å². The van der Waals surface area contributed by atoms with E-state index in [1.807, 2.05) is 72.8 Å². The molecule has 9 nitrogen and oxygen atoms in total. The molecule has 41 heavy (non-hydrogen) atoms. The number of fused-ring (bicyclic) bond motifs is 1. The Hall–Kier alpha value is -3.73. The van der Waals surface area contributed by atoms with Gasteiger partial charge >= 0.3 is 0 Å². The van der Waals surface area contributed by atoms with Crippen LogP contribution in [0.25, 0.3) is 11.0 Å². The standard InChI is InChI=1S/C32H34N4O5/c37-19-21-7-9-22(10-8-21)30-16-26(18-36-15-3-4-25(36)20-38)40-32(41-30)23-11-13-24(14-12-23)34-31(39)29-17-33-27-5-1-2-6-28(27)35-29/h1-2,5-14,17,25-26,30,32,37-38H,3-4,15-16,18-20H2,(H,34,39)/t25-,26+,30-,32-/m0/s1. The highest BCUT2D eigenvalue weighted by atomic mass is 16.7. The number of hydrogen-bond donors (Lipinski definition) is 3. The van der Waals surface area contributed by atoms with Crippen LogP contribution in [0.15, 0.2) is 79.0 Å². The first-order valence-corrected chi connectivity index (χ1v) is 14.1. The third kappa shape index (κ3) is 6.29. The molecule has 2 aliphatic rings. The summed E-state index contributed by atoms with van der Waals surface area (Å²) in [6, 6.07) is 22.9. The number of hydrogen-bond acceptors (Lipinski definition) is 8. The monoisotopic (exact) mass is 554 g/mol. The highest BCUT2D eigenvalue weighted by molar-refractivity contribution is 6.03. The van der Waals surface area contributed by atoms with Crippen LogP contribution in [-0.4, -0.2) is 62.8 Å². The number of rotatable bonds is 8. The first-order valence-electron chi connectivity index (χ1n) is 14.1. The number of nitrogens with one attached hydrogen (secondary N) is 1. The van der Waals surface area contributed by atoms with Crippen LogP contribution in [0.1, 0.15) is 58.8 Å². The Bertz CT molecular complexity index is 1480. The summed E-state index contributed by atoms with van der Waals surface area (Å²) in [6.45, 7) is 1.81. The van der Waals surface area contributed by atoms with Gasteiger partial charge in [-0.1, -0.05) is 48.5 Å². The van der Waals surface area contributed by atoms with Gasteiger partial charge in [0.05, 0.1) is 42.7 Å². The SMILES string of the molecule is O=C(Nc1ccc([C@H]2O[C@@H](CN3CCC[C@H]3CO)C[C@@H](c3ccc(CO)cc3)O2)cc1)c1cnc2ccccc2n1. The molecule has 4 aromatic rings. The van der Waals surface area contributed by atoms with Gasteiger partial charge in [0.2, 0.25) is 0 Å². The number of para-hydroxylation sites is 2. The molecule has 3 N–H and O–H groups in total. The molecule has 3 aromatic carbocycles. The van der Waals surface area contributed by atoms with Gasteiger partial charge in [-0.3, -0.25) is 14.7 Å². The number of aliphatic hydroxyl groups is 2. The van der Waals surface area contributed by atoms with E-state index in [2.05, 4.69) is 20.2 Å². The Balaban J connectivity index is 1.17. The minimum absolute atomic E-state index is 0.00595. The minimum atomic E-state index is -0.595. The van der Waals surface area contributed by atoms with Crippen molar-refractivity contribution in [3.63, 3.8) is 0 Å². The minimum Gasteiger partial charge on any atom is -0.395 e. The summed E-state index contributed by atoms with van der Waals surface area (Å²) in [6.07, 6.45) is 3.36. The molecule has 1 amide bonds. The molecule has 0 unspecified atom stereocenters. The Kier molecular flexibility index (Phi) is 8.31. The molecule has 1 aromatic heterocycles. The van der Waals surface area contributed by atoms with Gasteiger partial charge in [-0.15, -0.1) is 0 Å². The van der Waals surface area contributed by atoms with Crippen molar-refractivity contribution in [2.45, 2.75) is 50.4 Å². The van der Waals surface area contributed by atoms with E-state index in [1.165, 1.54) is 6.20 Å². The fraction of sp³-hybridized carbons (Fsp3) is 0.344. The summed E-state index contributed by atoms with van der Waals surface area (Å²) in [5.41, 5.74) is 4.99. The molecular formula is C32H34N4O5. The number of aliphatic hydroxyl groups excluding tert-OH is 2. The van der Waals surface area contributed by atoms with E-state index in [0.29, 0.717) is 17.6 Å². The van der Waals surface area contributed by atoms with E-state index < -0.39 is 6.29 Å². The second-order valence-corrected chi connectivity index (χ2v) is 10.6. The third-order valence-electron chi connectivity index (χ3n) is 7.88. The average molecular weight is 555 g/mol. The summed E-state index contributed by atoms with van der Waals surface area (Å²) < 4.78 is 12.9. The van der Waals surface area contributed by atoms with Crippen LogP contribution in [-0.2, 0) is 16.1 Å². The zero-order valence-corrected chi connectivity index (χ0v) is 22.7. The van der Waals surface area contributed by atoms with E-state index >= 15 is 0 Å². The third-order valence-corrected chi connectivity index (χ3v) is 7.88. The molecule has 0 bridgehead atoms. The van der Waals surface area contributed by atoms with Gasteiger partial charge < -0.3 is 25.0 Å². The summed E-state index contributed by atoms with van der Waals surface area (Å²) in [7, 11) is 0. The van der Waals surface area contributed by atoms with Crippen LogP contribution in [0, 0.1) is 0 Å². The molecule has 3 heterocycles. The van der Waals surface area contributed by atoms with Crippen LogP contribution in [0.3, 0.4) is 0 Å². The Morgan fingerprint density at radius 1 is 0.951 bits per heavy atom. The van der Waals surface area contributed by atoms with Crippen LogP contribution in [0.4, 0.5) is 5.69 Å². The van der Waals surface area contributed by atoms with Crippen molar-refractivity contribution in [1.82, 2.24) is 14.9 Å². The first kappa shape index (κ1) is 27.4. The van der Waals surface area contributed by atoms with Gasteiger partial charge in [-0.2, -0.15) is 0 Å². The lowest BCUT2D eigenvalue weighted by Crippen LogP contribution is -2.42. The summed E-state index contributed by atoms with van der Waals surface area (Å²) in [4.78, 5) is 23.9. The van der Waals surface area contributed by atoms with Crippen molar-refractivity contribution in [3.8, 4) is 0 Å². The van der Waals surface area contributed by atoms with Gasteiger partial charge in [0.1, 0.15) is 5.69 Å². The largest absolute Gasteiger partial charge is 0.395 e. The molecule has 2 saturated heterocycles. The summed E-state index contributed by atoms with van der Waals surface area (Å²) in [5, 5.41) is 22.2. The van der Waals surface area contributed by atoms with Gasteiger partial charge in [-0.05, 0) is 54.8 Å². The molecule has 0 saturated carbocycles. The number of nitrogens with zero attached hydrogens (tertiary/aromatic N) is 3. The van der Waals surface area contributed by atoms with Gasteiger partial charge in [0, 0.05) is 30.3 Å². The van der Waals surface area contributed by atoms with Crippen molar-refractivity contribution in [1.29, 1.82) is 0 Å². The number of aromatic nitrogens is 2. The number of amides is 1. The number of ether oxygens (including phenoxy) is 2. The molecule has 6 rings (SSSR count). The van der Waals surface area contributed by atoms with Crippen molar-refractivity contribution >= 4 is 22.6 Å². The van der Waals surface area contributed by atoms with Crippen molar-refractivity contribution in [3.05, 3.63) is 101 Å². The van der Waals surface area contributed by atoms with Gasteiger partial charge in [0.15, 0.2) is 6.29 Å². The zero-order chi connectivity index (χ0) is 28.2. The quantitative estimate of drug-likeness (QED) is 0.294. The number of benzene rings is 3. The normalized spacial score (nSPS) is 23.1. The number of likely N-dealkylation sites (tertiary alicyclic amines) is 1. The van der Waals surface area contributed by atoms with E-state index in [0.717, 1.165) is 48.1 Å². The maximum Gasteiger partial charge on any atom is 0.275 e. The smallest absolute Gasteiger partial charge is 0.275 e. The van der Waals surface area contributed by atoms with E-state index in [4.69, 9.17) is 9.47 Å². The van der Waals surface area contributed by atoms with E-state index in [9.17, 15) is 15.0 Å². The second kappa shape index (κ2) is 12.4. The topological polar surface area (TPSA) is 117 Å². The Labute approximate surface area is 238 Å². The molecule has 0 aliphatic carbocycles. The average Bonchev–Trinajstić information content (AvgIpc) is 3.48. The lowest BCUT2D eigenvalue weighted by Gasteiger charge is -2.38.